The summed E-state index contributed by atoms with van der Waals surface area (Å²) in [6.45, 7) is 9.28. The molecule has 0 unspecified atom stereocenters. The number of ether oxygens (including phenoxy) is 1. The van der Waals surface area contributed by atoms with E-state index >= 15 is 0 Å². The summed E-state index contributed by atoms with van der Waals surface area (Å²) in [4.78, 5) is 13.3. The van der Waals surface area contributed by atoms with E-state index in [4.69, 9.17) is 9.84 Å². The molecule has 2 heterocycles. The van der Waals surface area contributed by atoms with Gasteiger partial charge >= 0.3 is 6.03 Å². The van der Waals surface area contributed by atoms with Crippen molar-refractivity contribution in [3.8, 4) is 11.4 Å². The fourth-order valence-electron chi connectivity index (χ4n) is 5.32. The van der Waals surface area contributed by atoms with Gasteiger partial charge in [-0.1, -0.05) is 56.7 Å². The van der Waals surface area contributed by atoms with E-state index in [1.807, 2.05) is 61.5 Å². The van der Waals surface area contributed by atoms with Crippen molar-refractivity contribution in [1.29, 1.82) is 0 Å². The van der Waals surface area contributed by atoms with Crippen LogP contribution in [0.1, 0.15) is 50.4 Å². The number of methoxy groups -OCH3 is 1. The zero-order valence-corrected chi connectivity index (χ0v) is 26.8. The predicted octanol–water partition coefficient (Wildman–Crippen LogP) is 6.77. The molecule has 1 saturated heterocycles. The second kappa shape index (κ2) is 12.8. The molecule has 9 nitrogen and oxygen atoms in total. The Morgan fingerprint density at radius 3 is 2.27 bits per heavy atom. The number of anilines is 2. The van der Waals surface area contributed by atoms with Crippen molar-refractivity contribution in [2.24, 2.45) is 5.92 Å². The Kier molecular flexibility index (Phi) is 9.12. The average Bonchev–Trinajstić information content (AvgIpc) is 3.43. The predicted molar refractivity (Wildman–Crippen MR) is 174 cm³/mol. The minimum atomic E-state index is -3.56. The molecular weight excluding hydrogens is 574 g/mol. The van der Waals surface area contributed by atoms with Crippen molar-refractivity contribution in [1.82, 2.24) is 14.1 Å². The highest BCUT2D eigenvalue weighted by atomic mass is 32.2. The zero-order chi connectivity index (χ0) is 31.5. The summed E-state index contributed by atoms with van der Waals surface area (Å²) in [5, 5.41) is 10.7. The highest BCUT2D eigenvalue weighted by Gasteiger charge is 2.30. The lowest BCUT2D eigenvalue weighted by molar-refractivity contribution is 0.262. The van der Waals surface area contributed by atoms with Gasteiger partial charge in [-0.2, -0.15) is 9.40 Å². The molecule has 1 aromatic heterocycles. The number of sulfonamides is 1. The van der Waals surface area contributed by atoms with E-state index in [1.54, 1.807) is 33.3 Å². The maximum atomic E-state index is 13.1. The fourth-order valence-corrected chi connectivity index (χ4v) is 6.83. The highest BCUT2D eigenvalue weighted by Crippen LogP contribution is 2.29. The summed E-state index contributed by atoms with van der Waals surface area (Å²) in [6.07, 6.45) is 2.43. The minimum absolute atomic E-state index is 0.181. The maximum absolute atomic E-state index is 13.1. The van der Waals surface area contributed by atoms with E-state index in [-0.39, 0.29) is 16.3 Å². The van der Waals surface area contributed by atoms with Gasteiger partial charge in [-0.05, 0) is 74.1 Å². The molecule has 44 heavy (non-hydrogen) atoms. The number of carbonyl (C=O) groups excluding carboxylic acids is 1. The van der Waals surface area contributed by atoms with Crippen LogP contribution < -0.4 is 15.4 Å². The number of nitrogens with zero attached hydrogens (tertiary/aromatic N) is 3. The summed E-state index contributed by atoms with van der Waals surface area (Å²) in [7, 11) is -2.03. The molecule has 10 heteroatoms. The first-order valence-electron chi connectivity index (χ1n) is 14.9. The van der Waals surface area contributed by atoms with Crippen molar-refractivity contribution >= 4 is 27.6 Å². The van der Waals surface area contributed by atoms with Crippen LogP contribution in [0.4, 0.5) is 16.3 Å². The molecule has 0 atom stereocenters. The number of aryl methyl sites for hydroxylation is 1. The summed E-state index contributed by atoms with van der Waals surface area (Å²) < 4.78 is 34.8. The van der Waals surface area contributed by atoms with Gasteiger partial charge in [0.2, 0.25) is 10.0 Å². The minimum Gasteiger partial charge on any atom is -0.497 e. The Hall–Kier alpha value is -4.15. The van der Waals surface area contributed by atoms with Crippen LogP contribution in [-0.2, 0) is 21.9 Å². The number of hydrogen-bond acceptors (Lipinski definition) is 5. The monoisotopic (exact) mass is 615 g/mol. The quantitative estimate of drug-likeness (QED) is 0.228. The van der Waals surface area contributed by atoms with Gasteiger partial charge in [-0.25, -0.2) is 17.9 Å². The van der Waals surface area contributed by atoms with Crippen molar-refractivity contribution in [2.45, 2.75) is 57.3 Å². The molecule has 1 aliphatic rings. The first-order valence-corrected chi connectivity index (χ1v) is 16.3. The first kappa shape index (κ1) is 31.3. The van der Waals surface area contributed by atoms with Gasteiger partial charge in [-0.15, -0.1) is 0 Å². The molecule has 4 aromatic rings. The average molecular weight is 616 g/mol. The molecule has 0 saturated carbocycles. The van der Waals surface area contributed by atoms with E-state index in [2.05, 4.69) is 31.4 Å². The van der Waals surface area contributed by atoms with Crippen LogP contribution in [0.15, 0.2) is 83.8 Å². The molecule has 2 N–H and O–H groups in total. The molecule has 2 amide bonds. The molecule has 0 bridgehead atoms. The normalized spacial score (nSPS) is 14.8. The SMILES string of the molecule is COc1cccc(S(=O)(=O)N2CCC(Cc3ccc(NC(=O)Nc4cc(C(C)(C)C)nn4-c4ccc(C)cc4)cc3)CC2)c1. The Bertz CT molecular complexity index is 1700. The molecule has 1 fully saturated rings. The second-order valence-electron chi connectivity index (χ2n) is 12.4. The van der Waals surface area contributed by atoms with Gasteiger partial charge in [0, 0.05) is 36.3 Å². The number of rotatable bonds is 8. The van der Waals surface area contributed by atoms with Crippen molar-refractivity contribution in [3.05, 3.63) is 95.7 Å². The zero-order valence-electron chi connectivity index (χ0n) is 26.0. The van der Waals surface area contributed by atoms with Crippen LogP contribution in [0, 0.1) is 12.8 Å². The van der Waals surface area contributed by atoms with E-state index in [0.717, 1.165) is 41.8 Å². The number of piperidine rings is 1. The van der Waals surface area contributed by atoms with Crippen LogP contribution in [0.5, 0.6) is 5.75 Å². The lowest BCUT2D eigenvalue weighted by Gasteiger charge is -2.31. The number of urea groups is 1. The smallest absolute Gasteiger partial charge is 0.324 e. The van der Waals surface area contributed by atoms with Gasteiger partial charge in [0.15, 0.2) is 0 Å². The van der Waals surface area contributed by atoms with Crippen LogP contribution >= 0.6 is 0 Å². The summed E-state index contributed by atoms with van der Waals surface area (Å²) in [5.41, 5.74) is 4.55. The second-order valence-corrected chi connectivity index (χ2v) is 14.4. The van der Waals surface area contributed by atoms with Gasteiger partial charge in [0.25, 0.3) is 0 Å². The lowest BCUT2D eigenvalue weighted by atomic mass is 9.91. The molecule has 0 aliphatic carbocycles. The van der Waals surface area contributed by atoms with Gasteiger partial charge in [-0.3, -0.25) is 5.32 Å². The molecular formula is C34H41N5O4S. The molecule has 3 aromatic carbocycles. The van der Waals surface area contributed by atoms with Gasteiger partial charge in [0.05, 0.1) is 23.4 Å². The van der Waals surface area contributed by atoms with E-state index in [0.29, 0.717) is 36.3 Å². The number of carbonyl (C=O) groups is 1. The molecule has 1 aliphatic heterocycles. The Morgan fingerprint density at radius 1 is 0.955 bits per heavy atom. The van der Waals surface area contributed by atoms with Crippen molar-refractivity contribution in [2.75, 3.05) is 30.8 Å². The molecule has 0 spiro atoms. The van der Waals surface area contributed by atoms with E-state index < -0.39 is 10.0 Å². The number of hydrogen-bond donors (Lipinski definition) is 2. The topological polar surface area (TPSA) is 106 Å². The van der Waals surface area contributed by atoms with Crippen LogP contribution in [-0.4, -0.2) is 48.7 Å². The number of aromatic nitrogens is 2. The summed E-state index contributed by atoms with van der Waals surface area (Å²) in [6, 6.07) is 24.0. The fraction of sp³-hybridized carbons (Fsp3) is 0.353. The van der Waals surface area contributed by atoms with Crippen molar-refractivity contribution in [3.63, 3.8) is 0 Å². The molecule has 0 radical (unpaired) electrons. The first-order chi connectivity index (χ1) is 20.9. The van der Waals surface area contributed by atoms with Gasteiger partial charge < -0.3 is 10.1 Å². The Balaban J connectivity index is 1.17. The van der Waals surface area contributed by atoms with Gasteiger partial charge in [0.1, 0.15) is 11.6 Å². The maximum Gasteiger partial charge on any atom is 0.324 e. The number of benzene rings is 3. The Labute approximate surface area is 260 Å². The third-order valence-electron chi connectivity index (χ3n) is 7.99. The third kappa shape index (κ3) is 7.31. The third-order valence-corrected chi connectivity index (χ3v) is 9.88. The highest BCUT2D eigenvalue weighted by molar-refractivity contribution is 7.89. The summed E-state index contributed by atoms with van der Waals surface area (Å²) >= 11 is 0. The van der Waals surface area contributed by atoms with E-state index in [1.165, 1.54) is 7.11 Å². The largest absolute Gasteiger partial charge is 0.497 e. The summed E-state index contributed by atoms with van der Waals surface area (Å²) in [5.74, 6) is 1.50. The standard InChI is InChI=1S/C34H41N5O4S/c1-24-9-15-28(16-10-24)39-32(23-31(37-39)34(2,3)4)36-33(40)35-27-13-11-25(12-14-27)21-26-17-19-38(20-18-26)44(41,42)30-8-6-7-29(22-30)43-5/h6-16,22-23,26H,17-21H2,1-5H3,(H2,35,36,40). The number of nitrogens with one attached hydrogen (secondary N) is 2. The van der Waals surface area contributed by atoms with E-state index in [9.17, 15) is 13.2 Å². The number of amides is 2. The van der Waals surface area contributed by atoms with Crippen LogP contribution in [0.3, 0.4) is 0 Å². The molecule has 232 valence electrons. The van der Waals surface area contributed by atoms with Crippen molar-refractivity contribution < 1.29 is 17.9 Å². The molecule has 5 rings (SSSR count). The Morgan fingerprint density at radius 2 is 1.64 bits per heavy atom. The van der Waals surface area contributed by atoms with Crippen LogP contribution in [0.25, 0.3) is 5.69 Å². The van der Waals surface area contributed by atoms with Crippen LogP contribution in [0.2, 0.25) is 0 Å². The lowest BCUT2D eigenvalue weighted by Crippen LogP contribution is -2.38.